The monoisotopic (exact) mass is 315 g/mol. The van der Waals surface area contributed by atoms with Crippen molar-refractivity contribution in [3.8, 4) is 0 Å². The number of hydrogen-bond donors (Lipinski definition) is 3. The molecular formula is C13H21N3O4S. The number of methoxy groups -OCH3 is 1. The van der Waals surface area contributed by atoms with Crippen molar-refractivity contribution in [2.75, 3.05) is 32.5 Å². The molecule has 0 aliphatic rings. The number of anilines is 1. The molecule has 0 atom stereocenters. The van der Waals surface area contributed by atoms with Crippen molar-refractivity contribution >= 4 is 21.6 Å². The highest BCUT2D eigenvalue weighted by atomic mass is 32.2. The van der Waals surface area contributed by atoms with Crippen LogP contribution in [0.2, 0.25) is 0 Å². The number of carbonyl (C=O) groups excluding carboxylic acids is 1. The van der Waals surface area contributed by atoms with Crippen molar-refractivity contribution in [3.63, 3.8) is 0 Å². The number of hydrogen-bond acceptors (Lipinski definition) is 5. The standard InChI is InChI=1S/C13H21N3O4S/c1-9-6-11(7-12(14)10(9)2)21(18,19)16-8-13(17)15-4-5-20-3/h6-7,16H,4-5,8,14H2,1-3H3,(H,15,17). The molecule has 7 nitrogen and oxygen atoms in total. The van der Waals surface area contributed by atoms with Crippen molar-refractivity contribution in [1.82, 2.24) is 10.0 Å². The van der Waals surface area contributed by atoms with E-state index in [1.54, 1.807) is 6.92 Å². The van der Waals surface area contributed by atoms with Gasteiger partial charge in [-0.25, -0.2) is 13.1 Å². The van der Waals surface area contributed by atoms with Crippen LogP contribution in [-0.2, 0) is 19.6 Å². The third kappa shape index (κ3) is 5.00. The first-order valence-corrected chi connectivity index (χ1v) is 7.88. The third-order valence-corrected chi connectivity index (χ3v) is 4.42. The summed E-state index contributed by atoms with van der Waals surface area (Å²) in [5.41, 5.74) is 7.79. The van der Waals surface area contributed by atoms with Gasteiger partial charge in [-0.05, 0) is 37.1 Å². The van der Waals surface area contributed by atoms with Gasteiger partial charge in [-0.1, -0.05) is 0 Å². The molecule has 0 saturated heterocycles. The van der Waals surface area contributed by atoms with Crippen LogP contribution in [0.3, 0.4) is 0 Å². The molecule has 0 spiro atoms. The van der Waals surface area contributed by atoms with Gasteiger partial charge in [0.1, 0.15) is 0 Å². The fourth-order valence-electron chi connectivity index (χ4n) is 1.61. The molecule has 0 bridgehead atoms. The number of nitrogen functional groups attached to an aromatic ring is 1. The Hall–Kier alpha value is -1.64. The Morgan fingerprint density at radius 3 is 2.57 bits per heavy atom. The highest BCUT2D eigenvalue weighted by Crippen LogP contribution is 2.21. The molecule has 8 heteroatoms. The van der Waals surface area contributed by atoms with Gasteiger partial charge in [0.15, 0.2) is 0 Å². The molecule has 0 unspecified atom stereocenters. The highest BCUT2D eigenvalue weighted by molar-refractivity contribution is 7.89. The van der Waals surface area contributed by atoms with E-state index < -0.39 is 15.9 Å². The molecule has 0 fully saturated rings. The lowest BCUT2D eigenvalue weighted by Crippen LogP contribution is -2.38. The number of sulfonamides is 1. The smallest absolute Gasteiger partial charge is 0.241 e. The molecule has 21 heavy (non-hydrogen) atoms. The normalized spacial score (nSPS) is 11.4. The van der Waals surface area contributed by atoms with E-state index in [0.717, 1.165) is 11.1 Å². The zero-order chi connectivity index (χ0) is 16.0. The predicted octanol–water partition coefficient (Wildman–Crippen LogP) is -0.0735. The maximum Gasteiger partial charge on any atom is 0.241 e. The van der Waals surface area contributed by atoms with Crippen LogP contribution in [0.15, 0.2) is 17.0 Å². The van der Waals surface area contributed by atoms with Crippen molar-refractivity contribution in [2.45, 2.75) is 18.7 Å². The fraction of sp³-hybridized carbons (Fsp3) is 0.462. The Morgan fingerprint density at radius 2 is 2.00 bits per heavy atom. The Bertz CT molecular complexity index is 591. The van der Waals surface area contributed by atoms with Gasteiger partial charge in [-0.15, -0.1) is 0 Å². The maximum absolute atomic E-state index is 12.1. The van der Waals surface area contributed by atoms with Crippen molar-refractivity contribution in [2.24, 2.45) is 0 Å². The van der Waals surface area contributed by atoms with Gasteiger partial charge in [-0.2, -0.15) is 0 Å². The van der Waals surface area contributed by atoms with Gasteiger partial charge in [-0.3, -0.25) is 4.79 Å². The first-order valence-electron chi connectivity index (χ1n) is 6.40. The summed E-state index contributed by atoms with van der Waals surface area (Å²) in [6, 6.07) is 2.91. The minimum atomic E-state index is -3.77. The molecular weight excluding hydrogens is 294 g/mol. The quantitative estimate of drug-likeness (QED) is 0.482. The first kappa shape index (κ1) is 17.4. The first-order chi connectivity index (χ1) is 9.77. The van der Waals surface area contributed by atoms with Gasteiger partial charge in [0.05, 0.1) is 18.0 Å². The van der Waals surface area contributed by atoms with Crippen LogP contribution in [0.5, 0.6) is 0 Å². The molecule has 1 aromatic rings. The summed E-state index contributed by atoms with van der Waals surface area (Å²) in [5, 5.41) is 2.52. The number of carbonyl (C=O) groups is 1. The Labute approximate surface area is 124 Å². The summed E-state index contributed by atoms with van der Waals surface area (Å²) in [6.45, 7) is 3.96. The van der Waals surface area contributed by atoms with Crippen LogP contribution in [-0.4, -0.2) is 41.1 Å². The summed E-state index contributed by atoms with van der Waals surface area (Å²) in [4.78, 5) is 11.5. The average Bonchev–Trinajstić information content (AvgIpc) is 2.42. The van der Waals surface area contributed by atoms with Gasteiger partial charge >= 0.3 is 0 Å². The van der Waals surface area contributed by atoms with Gasteiger partial charge in [0.25, 0.3) is 0 Å². The molecule has 0 heterocycles. The minimum Gasteiger partial charge on any atom is -0.398 e. The van der Waals surface area contributed by atoms with E-state index in [-0.39, 0.29) is 11.4 Å². The van der Waals surface area contributed by atoms with Crippen LogP contribution in [0.4, 0.5) is 5.69 Å². The molecule has 1 aromatic carbocycles. The van der Waals surface area contributed by atoms with Gasteiger partial charge in [0.2, 0.25) is 15.9 Å². The lowest BCUT2D eigenvalue weighted by molar-refractivity contribution is -0.120. The molecule has 1 rings (SSSR count). The minimum absolute atomic E-state index is 0.0489. The Morgan fingerprint density at radius 1 is 1.33 bits per heavy atom. The number of rotatable bonds is 7. The molecule has 0 aliphatic carbocycles. The van der Waals surface area contributed by atoms with E-state index >= 15 is 0 Å². The van der Waals surface area contributed by atoms with Crippen LogP contribution in [0, 0.1) is 13.8 Å². The van der Waals surface area contributed by atoms with E-state index in [1.165, 1.54) is 19.2 Å². The number of nitrogens with two attached hydrogens (primary N) is 1. The molecule has 0 aromatic heterocycles. The molecule has 0 aliphatic heterocycles. The summed E-state index contributed by atoms with van der Waals surface area (Å²) in [7, 11) is -2.26. The van der Waals surface area contributed by atoms with E-state index in [0.29, 0.717) is 18.8 Å². The predicted molar refractivity (Wildman–Crippen MR) is 80.4 cm³/mol. The van der Waals surface area contributed by atoms with Crippen LogP contribution >= 0.6 is 0 Å². The maximum atomic E-state index is 12.1. The fourth-order valence-corrected chi connectivity index (χ4v) is 2.71. The van der Waals surface area contributed by atoms with E-state index in [9.17, 15) is 13.2 Å². The van der Waals surface area contributed by atoms with Gasteiger partial charge < -0.3 is 15.8 Å². The SMILES string of the molecule is COCCNC(=O)CNS(=O)(=O)c1cc(C)c(C)c(N)c1. The summed E-state index contributed by atoms with van der Waals surface area (Å²) >= 11 is 0. The second-order valence-electron chi connectivity index (χ2n) is 4.62. The number of nitrogens with one attached hydrogen (secondary N) is 2. The number of ether oxygens (including phenoxy) is 1. The third-order valence-electron chi connectivity index (χ3n) is 3.04. The lowest BCUT2D eigenvalue weighted by atomic mass is 10.1. The molecule has 118 valence electrons. The molecule has 4 N–H and O–H groups in total. The summed E-state index contributed by atoms with van der Waals surface area (Å²) in [6.07, 6.45) is 0. The van der Waals surface area contributed by atoms with Crippen molar-refractivity contribution in [3.05, 3.63) is 23.3 Å². The van der Waals surface area contributed by atoms with Crippen LogP contribution in [0.25, 0.3) is 0 Å². The number of benzene rings is 1. The zero-order valence-corrected chi connectivity index (χ0v) is 13.2. The van der Waals surface area contributed by atoms with E-state index in [2.05, 4.69) is 10.0 Å². The zero-order valence-electron chi connectivity index (χ0n) is 12.4. The number of amides is 1. The van der Waals surface area contributed by atoms with E-state index in [4.69, 9.17) is 10.5 Å². The number of aryl methyl sites for hydroxylation is 1. The second kappa shape index (κ2) is 7.39. The van der Waals surface area contributed by atoms with Gasteiger partial charge in [0, 0.05) is 19.3 Å². The average molecular weight is 315 g/mol. The topological polar surface area (TPSA) is 111 Å². The molecule has 0 radical (unpaired) electrons. The second-order valence-corrected chi connectivity index (χ2v) is 6.39. The Balaban J connectivity index is 2.72. The van der Waals surface area contributed by atoms with Crippen molar-refractivity contribution in [1.29, 1.82) is 0 Å². The van der Waals surface area contributed by atoms with Crippen molar-refractivity contribution < 1.29 is 17.9 Å². The highest BCUT2D eigenvalue weighted by Gasteiger charge is 2.17. The van der Waals surface area contributed by atoms with Crippen LogP contribution < -0.4 is 15.8 Å². The largest absolute Gasteiger partial charge is 0.398 e. The molecule has 1 amide bonds. The summed E-state index contributed by atoms with van der Waals surface area (Å²) < 4.78 is 31.2. The van der Waals surface area contributed by atoms with Crippen LogP contribution in [0.1, 0.15) is 11.1 Å². The Kier molecular flexibility index (Phi) is 6.13. The molecule has 0 saturated carbocycles. The summed E-state index contributed by atoms with van der Waals surface area (Å²) in [5.74, 6) is -0.424. The lowest BCUT2D eigenvalue weighted by Gasteiger charge is -2.11. The van der Waals surface area contributed by atoms with E-state index in [1.807, 2.05) is 6.92 Å².